The van der Waals surface area contributed by atoms with Crippen LogP contribution in [0.5, 0.6) is 11.5 Å². The van der Waals surface area contributed by atoms with E-state index in [9.17, 15) is 9.90 Å². The lowest BCUT2D eigenvalue weighted by Gasteiger charge is -2.10. The Labute approximate surface area is 196 Å². The average molecular weight is 454 g/mol. The van der Waals surface area contributed by atoms with Crippen LogP contribution in [0.2, 0.25) is 0 Å². The van der Waals surface area contributed by atoms with Crippen LogP contribution in [-0.2, 0) is 4.79 Å². The molecule has 0 heterocycles. The number of methoxy groups -OCH3 is 1. The number of nitrogens with zero attached hydrogens (tertiary/aromatic N) is 4. The molecule has 0 radical (unpaired) electrons. The molecule has 0 bridgehead atoms. The van der Waals surface area contributed by atoms with E-state index < -0.39 is 0 Å². The van der Waals surface area contributed by atoms with E-state index in [1.54, 1.807) is 24.3 Å². The van der Waals surface area contributed by atoms with E-state index in [0.29, 0.717) is 39.6 Å². The quantitative estimate of drug-likeness (QED) is 0.293. The number of anilines is 1. The molecule has 0 fully saturated rings. The minimum Gasteiger partial charge on any atom is -0.507 e. The number of carbonyl (C=O) groups is 1. The van der Waals surface area contributed by atoms with Gasteiger partial charge in [0.2, 0.25) is 5.91 Å². The number of phenolic OH excluding ortho intramolecular Hbond substituents is 1. The molecule has 8 heteroatoms. The highest BCUT2D eigenvalue weighted by Crippen LogP contribution is 2.40. The van der Waals surface area contributed by atoms with Crippen molar-refractivity contribution in [3.63, 3.8) is 0 Å². The zero-order valence-corrected chi connectivity index (χ0v) is 19.0. The molecule has 4 rings (SSSR count). The van der Waals surface area contributed by atoms with Crippen LogP contribution in [0.15, 0.2) is 93.3 Å². The summed E-state index contributed by atoms with van der Waals surface area (Å²) in [6.07, 6.45) is 0. The molecule has 0 aliphatic heterocycles. The Hall–Kier alpha value is -4.59. The van der Waals surface area contributed by atoms with Gasteiger partial charge in [0.05, 0.1) is 24.2 Å². The fourth-order valence-electron chi connectivity index (χ4n) is 3.36. The van der Waals surface area contributed by atoms with Gasteiger partial charge >= 0.3 is 0 Å². The summed E-state index contributed by atoms with van der Waals surface area (Å²) >= 11 is 0. The molecule has 0 aromatic heterocycles. The smallest absolute Gasteiger partial charge is 0.221 e. The predicted molar refractivity (Wildman–Crippen MR) is 132 cm³/mol. The van der Waals surface area contributed by atoms with E-state index in [2.05, 4.69) is 25.8 Å². The monoisotopic (exact) mass is 453 g/mol. The Kier molecular flexibility index (Phi) is 6.59. The summed E-state index contributed by atoms with van der Waals surface area (Å²) in [5.74, 6) is 0.325. The molecule has 4 aromatic carbocycles. The van der Waals surface area contributed by atoms with Crippen LogP contribution in [0.4, 0.5) is 28.4 Å². The second-order valence-electron chi connectivity index (χ2n) is 7.61. The van der Waals surface area contributed by atoms with Gasteiger partial charge in [-0.15, -0.1) is 15.3 Å². The number of azo groups is 2. The van der Waals surface area contributed by atoms with Crippen molar-refractivity contribution >= 4 is 45.1 Å². The summed E-state index contributed by atoms with van der Waals surface area (Å²) in [5.41, 5.74) is 3.63. The second-order valence-corrected chi connectivity index (χ2v) is 7.61. The highest BCUT2D eigenvalue weighted by molar-refractivity contribution is 5.96. The van der Waals surface area contributed by atoms with Crippen molar-refractivity contribution in [2.45, 2.75) is 13.8 Å². The molecule has 8 nitrogen and oxygen atoms in total. The number of hydrogen-bond donors (Lipinski definition) is 2. The minimum atomic E-state index is -0.260. The molecular formula is C26H23N5O3. The number of carbonyl (C=O) groups excluding carboxylic acids is 1. The van der Waals surface area contributed by atoms with Crippen molar-refractivity contribution in [2.24, 2.45) is 20.5 Å². The first-order valence-electron chi connectivity index (χ1n) is 10.5. The Morgan fingerprint density at radius 1 is 0.824 bits per heavy atom. The highest BCUT2D eigenvalue weighted by Gasteiger charge is 2.13. The van der Waals surface area contributed by atoms with E-state index >= 15 is 0 Å². The van der Waals surface area contributed by atoms with Gasteiger partial charge in [0.25, 0.3) is 0 Å². The zero-order chi connectivity index (χ0) is 24.1. The lowest BCUT2D eigenvalue weighted by Crippen LogP contribution is -2.05. The van der Waals surface area contributed by atoms with Gasteiger partial charge < -0.3 is 15.2 Å². The van der Waals surface area contributed by atoms with Crippen LogP contribution in [0.3, 0.4) is 0 Å². The van der Waals surface area contributed by atoms with E-state index in [0.717, 1.165) is 10.9 Å². The van der Waals surface area contributed by atoms with E-state index in [-0.39, 0.29) is 11.7 Å². The minimum absolute atomic E-state index is 0.170. The summed E-state index contributed by atoms with van der Waals surface area (Å²) in [4.78, 5) is 11.8. The standard InChI is InChI=1S/C26H23N5O3/c1-16-8-10-18(11-9-16)28-30-23-15-26(34-3)24(14-22(23)27-17(2)32)31-29-21-12-13-25(33)20-7-5-4-6-19(20)21/h4-15,33H,1-3H3,(H,27,32). The number of hydrogen-bond acceptors (Lipinski definition) is 7. The molecule has 2 N–H and O–H groups in total. The third-order valence-corrected chi connectivity index (χ3v) is 5.06. The van der Waals surface area contributed by atoms with Gasteiger partial charge in [-0.05, 0) is 37.3 Å². The lowest BCUT2D eigenvalue weighted by atomic mass is 10.1. The van der Waals surface area contributed by atoms with Crippen molar-refractivity contribution in [3.05, 3.63) is 78.4 Å². The van der Waals surface area contributed by atoms with E-state index in [4.69, 9.17) is 4.74 Å². The van der Waals surface area contributed by atoms with Gasteiger partial charge in [-0.3, -0.25) is 4.79 Å². The first-order valence-corrected chi connectivity index (χ1v) is 10.5. The van der Waals surface area contributed by atoms with Crippen LogP contribution in [0, 0.1) is 6.92 Å². The van der Waals surface area contributed by atoms with Gasteiger partial charge in [0.1, 0.15) is 22.9 Å². The van der Waals surface area contributed by atoms with Gasteiger partial charge in [-0.1, -0.05) is 42.0 Å². The molecule has 0 unspecified atom stereocenters. The van der Waals surface area contributed by atoms with Crippen molar-refractivity contribution in [3.8, 4) is 11.5 Å². The Morgan fingerprint density at radius 2 is 1.50 bits per heavy atom. The molecule has 170 valence electrons. The number of fused-ring (bicyclic) bond motifs is 1. The third-order valence-electron chi connectivity index (χ3n) is 5.06. The van der Waals surface area contributed by atoms with E-state index in [1.807, 2.05) is 55.5 Å². The molecule has 1 amide bonds. The van der Waals surface area contributed by atoms with Crippen molar-refractivity contribution in [1.29, 1.82) is 0 Å². The molecular weight excluding hydrogens is 430 g/mol. The zero-order valence-electron chi connectivity index (χ0n) is 19.0. The summed E-state index contributed by atoms with van der Waals surface area (Å²) in [6, 6.07) is 21.5. The number of ether oxygens (including phenoxy) is 1. The molecule has 0 saturated heterocycles. The number of aromatic hydroxyl groups is 1. The lowest BCUT2D eigenvalue weighted by molar-refractivity contribution is -0.114. The number of rotatable bonds is 6. The molecule has 0 saturated carbocycles. The maximum Gasteiger partial charge on any atom is 0.221 e. The van der Waals surface area contributed by atoms with Crippen molar-refractivity contribution < 1.29 is 14.6 Å². The Balaban J connectivity index is 1.74. The second kappa shape index (κ2) is 9.91. The predicted octanol–water partition coefficient (Wildman–Crippen LogP) is 7.65. The van der Waals surface area contributed by atoms with Crippen LogP contribution >= 0.6 is 0 Å². The summed E-state index contributed by atoms with van der Waals surface area (Å²) in [7, 11) is 1.52. The maximum absolute atomic E-state index is 11.8. The van der Waals surface area contributed by atoms with Crippen molar-refractivity contribution in [2.75, 3.05) is 12.4 Å². The fourth-order valence-corrected chi connectivity index (χ4v) is 3.36. The largest absolute Gasteiger partial charge is 0.507 e. The van der Waals surface area contributed by atoms with Crippen LogP contribution < -0.4 is 10.1 Å². The van der Waals surface area contributed by atoms with Gasteiger partial charge in [0.15, 0.2) is 0 Å². The average Bonchev–Trinajstić information content (AvgIpc) is 2.84. The maximum atomic E-state index is 11.8. The Morgan fingerprint density at radius 3 is 2.21 bits per heavy atom. The molecule has 0 aliphatic rings. The number of nitrogens with one attached hydrogen (secondary N) is 1. The van der Waals surface area contributed by atoms with Gasteiger partial charge in [-0.2, -0.15) is 5.11 Å². The third kappa shape index (κ3) is 5.07. The fraction of sp³-hybridized carbons (Fsp3) is 0.115. The number of aryl methyl sites for hydroxylation is 1. The normalized spacial score (nSPS) is 11.4. The first-order chi connectivity index (χ1) is 16.4. The number of benzene rings is 4. The topological polar surface area (TPSA) is 108 Å². The van der Waals surface area contributed by atoms with Gasteiger partial charge in [-0.25, -0.2) is 0 Å². The van der Waals surface area contributed by atoms with Gasteiger partial charge in [0, 0.05) is 23.8 Å². The van der Waals surface area contributed by atoms with Crippen molar-refractivity contribution in [1.82, 2.24) is 0 Å². The first kappa shape index (κ1) is 22.6. The van der Waals surface area contributed by atoms with Crippen LogP contribution in [-0.4, -0.2) is 18.1 Å². The Bertz CT molecular complexity index is 1410. The van der Waals surface area contributed by atoms with E-state index in [1.165, 1.54) is 14.0 Å². The van der Waals surface area contributed by atoms with Crippen LogP contribution in [0.1, 0.15) is 12.5 Å². The summed E-state index contributed by atoms with van der Waals surface area (Å²) < 4.78 is 5.50. The molecule has 34 heavy (non-hydrogen) atoms. The molecule has 0 aliphatic carbocycles. The SMILES string of the molecule is COc1cc(N=Nc2ccc(C)cc2)c(NC(C)=O)cc1N=Nc1ccc(O)c2ccccc12. The number of amides is 1. The molecule has 0 atom stereocenters. The number of phenols is 1. The molecule has 4 aromatic rings. The highest BCUT2D eigenvalue weighted by atomic mass is 16.5. The van der Waals surface area contributed by atoms with Crippen LogP contribution in [0.25, 0.3) is 10.8 Å². The molecule has 0 spiro atoms. The summed E-state index contributed by atoms with van der Waals surface area (Å²) in [6.45, 7) is 3.41. The summed E-state index contributed by atoms with van der Waals surface area (Å²) in [5, 5.41) is 31.6.